The van der Waals surface area contributed by atoms with Crippen LogP contribution in [0.1, 0.15) is 63.0 Å². The molecule has 0 saturated heterocycles. The summed E-state index contributed by atoms with van der Waals surface area (Å²) >= 11 is 3.28. The molecule has 2 heterocycles. The summed E-state index contributed by atoms with van der Waals surface area (Å²) in [6, 6.07) is 10.9. The lowest BCUT2D eigenvalue weighted by molar-refractivity contribution is -0.136. The zero-order valence-electron chi connectivity index (χ0n) is 18.6. The number of nitrogens with zero attached hydrogens (tertiary/aromatic N) is 2. The zero-order chi connectivity index (χ0) is 22.2. The summed E-state index contributed by atoms with van der Waals surface area (Å²) in [5, 5.41) is 14.2. The Morgan fingerprint density at radius 3 is 2.52 bits per heavy atom. The number of fused-ring (bicyclic) bond motifs is 1. The summed E-state index contributed by atoms with van der Waals surface area (Å²) in [4.78, 5) is 19.4. The molecule has 1 aliphatic carbocycles. The highest BCUT2D eigenvalue weighted by molar-refractivity contribution is 7.14. The highest BCUT2D eigenvalue weighted by Gasteiger charge is 2.37. The molecule has 0 bridgehead atoms. The average molecular weight is 455 g/mol. The molecule has 0 saturated carbocycles. The second kappa shape index (κ2) is 8.40. The Hall–Kier alpha value is -2.18. The lowest BCUT2D eigenvalue weighted by Crippen LogP contribution is -2.33. The van der Waals surface area contributed by atoms with Crippen LogP contribution in [0.15, 0.2) is 41.1 Å². The molecule has 164 valence electrons. The molecule has 3 aromatic rings. The van der Waals surface area contributed by atoms with Gasteiger partial charge in [-0.15, -0.1) is 22.7 Å². The van der Waals surface area contributed by atoms with E-state index in [0.717, 1.165) is 16.4 Å². The van der Waals surface area contributed by atoms with E-state index in [2.05, 4.69) is 62.2 Å². The maximum atomic E-state index is 11.2. The standard InChI is InChI=1S/C25H30N2O2S2/c1-24(2)10-11-25(3,4)20-14-17(7-8-19(20)24)21-16-31-23(26-21)27(12-9-22(28)29)15-18-6-5-13-30-18/h5-8,13-14,16H,9-12,15H2,1-4H3,(H,28,29). The van der Waals surface area contributed by atoms with E-state index >= 15 is 0 Å². The van der Waals surface area contributed by atoms with E-state index in [9.17, 15) is 9.90 Å². The summed E-state index contributed by atoms with van der Waals surface area (Å²) in [7, 11) is 0. The minimum atomic E-state index is -0.785. The quantitative estimate of drug-likeness (QED) is 0.431. The van der Waals surface area contributed by atoms with Crippen LogP contribution in [0.2, 0.25) is 0 Å². The van der Waals surface area contributed by atoms with Crippen molar-refractivity contribution in [3.8, 4) is 11.3 Å². The molecule has 0 fully saturated rings. The second-order valence-electron chi connectivity index (χ2n) is 9.69. The van der Waals surface area contributed by atoms with Crippen molar-refractivity contribution in [1.82, 2.24) is 4.98 Å². The summed E-state index contributed by atoms with van der Waals surface area (Å²) in [6.07, 6.45) is 2.49. The molecule has 0 aliphatic heterocycles. The number of hydrogen-bond donors (Lipinski definition) is 1. The molecule has 4 nitrogen and oxygen atoms in total. The first-order valence-corrected chi connectivity index (χ1v) is 12.5. The Balaban J connectivity index is 1.65. The van der Waals surface area contributed by atoms with Crippen LogP contribution in [0.5, 0.6) is 0 Å². The number of carboxylic acid groups (broad SMARTS) is 1. The Labute approximate surface area is 192 Å². The van der Waals surface area contributed by atoms with Gasteiger partial charge in [-0.25, -0.2) is 4.98 Å². The van der Waals surface area contributed by atoms with Crippen LogP contribution in [-0.2, 0) is 22.2 Å². The number of benzene rings is 1. The van der Waals surface area contributed by atoms with Crippen LogP contribution in [0, 0.1) is 0 Å². The van der Waals surface area contributed by atoms with E-state index < -0.39 is 5.97 Å². The summed E-state index contributed by atoms with van der Waals surface area (Å²) in [6.45, 7) is 10.5. The molecular formula is C25H30N2O2S2. The van der Waals surface area contributed by atoms with Crippen molar-refractivity contribution >= 4 is 33.8 Å². The number of carboxylic acids is 1. The first-order valence-electron chi connectivity index (χ1n) is 10.8. The number of aromatic nitrogens is 1. The molecule has 0 radical (unpaired) electrons. The van der Waals surface area contributed by atoms with Crippen LogP contribution in [0.25, 0.3) is 11.3 Å². The molecule has 1 aliphatic rings. The highest BCUT2D eigenvalue weighted by Crippen LogP contribution is 2.47. The third kappa shape index (κ3) is 4.70. The first-order chi connectivity index (χ1) is 14.7. The van der Waals surface area contributed by atoms with Crippen molar-refractivity contribution < 1.29 is 9.90 Å². The Kier molecular flexibility index (Phi) is 5.97. The molecule has 1 N–H and O–H groups in total. The average Bonchev–Trinajstić information content (AvgIpc) is 3.40. The van der Waals surface area contributed by atoms with Gasteiger partial charge in [0.1, 0.15) is 0 Å². The van der Waals surface area contributed by atoms with Gasteiger partial charge < -0.3 is 10.0 Å². The summed E-state index contributed by atoms with van der Waals surface area (Å²) in [5.74, 6) is -0.785. The molecule has 6 heteroatoms. The molecule has 1 aromatic carbocycles. The van der Waals surface area contributed by atoms with E-state index in [1.54, 1.807) is 22.7 Å². The van der Waals surface area contributed by atoms with Crippen LogP contribution in [-0.4, -0.2) is 22.6 Å². The maximum Gasteiger partial charge on any atom is 0.305 e. The smallest absolute Gasteiger partial charge is 0.305 e. The number of anilines is 1. The van der Waals surface area contributed by atoms with Gasteiger partial charge in [0.15, 0.2) is 5.13 Å². The molecule has 0 atom stereocenters. The van der Waals surface area contributed by atoms with E-state index in [0.29, 0.717) is 13.1 Å². The van der Waals surface area contributed by atoms with Gasteiger partial charge in [0.2, 0.25) is 0 Å². The van der Waals surface area contributed by atoms with Crippen molar-refractivity contribution in [3.63, 3.8) is 0 Å². The highest BCUT2D eigenvalue weighted by atomic mass is 32.1. The molecule has 2 aromatic heterocycles. The van der Waals surface area contributed by atoms with Crippen LogP contribution >= 0.6 is 22.7 Å². The predicted molar refractivity (Wildman–Crippen MR) is 130 cm³/mol. The molecule has 0 spiro atoms. The van der Waals surface area contributed by atoms with Gasteiger partial charge in [-0.1, -0.05) is 45.9 Å². The van der Waals surface area contributed by atoms with Gasteiger partial charge in [0, 0.05) is 22.4 Å². The lowest BCUT2D eigenvalue weighted by Gasteiger charge is -2.42. The Bertz CT molecular complexity index is 1070. The molecule has 0 amide bonds. The molecule has 0 unspecified atom stereocenters. The molecular weight excluding hydrogens is 424 g/mol. The van der Waals surface area contributed by atoms with Crippen molar-refractivity contribution in [2.24, 2.45) is 0 Å². The van der Waals surface area contributed by atoms with Crippen molar-refractivity contribution in [1.29, 1.82) is 0 Å². The number of thiazole rings is 1. The third-order valence-corrected chi connectivity index (χ3v) is 8.20. The molecule has 4 rings (SSSR count). The van der Waals surface area contributed by atoms with E-state index in [1.807, 2.05) is 11.4 Å². The second-order valence-corrected chi connectivity index (χ2v) is 11.6. The van der Waals surface area contributed by atoms with E-state index in [-0.39, 0.29) is 17.3 Å². The van der Waals surface area contributed by atoms with E-state index in [4.69, 9.17) is 4.98 Å². The zero-order valence-corrected chi connectivity index (χ0v) is 20.3. The van der Waals surface area contributed by atoms with Crippen molar-refractivity contribution in [2.75, 3.05) is 11.4 Å². The topological polar surface area (TPSA) is 53.4 Å². The summed E-state index contributed by atoms with van der Waals surface area (Å²) in [5.41, 5.74) is 5.34. The third-order valence-electron chi connectivity index (χ3n) is 6.43. The van der Waals surface area contributed by atoms with E-state index in [1.165, 1.54) is 28.8 Å². The predicted octanol–water partition coefficient (Wildman–Crippen LogP) is 6.70. The minimum absolute atomic E-state index is 0.0996. The van der Waals surface area contributed by atoms with Crippen LogP contribution in [0.3, 0.4) is 0 Å². The van der Waals surface area contributed by atoms with Gasteiger partial charge in [0.05, 0.1) is 18.7 Å². The maximum absolute atomic E-state index is 11.2. The number of carbonyl (C=O) groups is 1. The van der Waals surface area contributed by atoms with Crippen LogP contribution in [0.4, 0.5) is 5.13 Å². The normalized spacial score (nSPS) is 16.6. The van der Waals surface area contributed by atoms with Gasteiger partial charge in [-0.2, -0.15) is 0 Å². The van der Waals surface area contributed by atoms with Gasteiger partial charge in [-0.3, -0.25) is 4.79 Å². The number of aliphatic carboxylic acids is 1. The number of hydrogen-bond acceptors (Lipinski definition) is 5. The minimum Gasteiger partial charge on any atom is -0.481 e. The summed E-state index contributed by atoms with van der Waals surface area (Å²) < 4.78 is 0. The van der Waals surface area contributed by atoms with Gasteiger partial charge >= 0.3 is 5.97 Å². The number of thiophene rings is 1. The fourth-order valence-corrected chi connectivity index (χ4v) is 5.93. The molecule has 31 heavy (non-hydrogen) atoms. The SMILES string of the molecule is CC1(C)CCC(C)(C)c2cc(-c3csc(N(CCC(=O)O)Cc4cccs4)n3)ccc21. The Morgan fingerprint density at radius 1 is 1.10 bits per heavy atom. The fourth-order valence-electron chi connectivity index (χ4n) is 4.35. The first kappa shape index (κ1) is 22.0. The fraction of sp³-hybridized carbons (Fsp3) is 0.440. The van der Waals surface area contributed by atoms with Crippen LogP contribution < -0.4 is 4.90 Å². The van der Waals surface area contributed by atoms with Crippen molar-refractivity contribution in [2.45, 2.75) is 64.3 Å². The van der Waals surface area contributed by atoms with Crippen molar-refractivity contribution in [3.05, 3.63) is 57.1 Å². The Morgan fingerprint density at radius 2 is 1.84 bits per heavy atom. The van der Waals surface area contributed by atoms with Gasteiger partial charge in [-0.05, 0) is 52.3 Å². The lowest BCUT2D eigenvalue weighted by atomic mass is 9.63. The number of rotatable bonds is 7. The monoisotopic (exact) mass is 454 g/mol. The largest absolute Gasteiger partial charge is 0.481 e. The van der Waals surface area contributed by atoms with Gasteiger partial charge in [0.25, 0.3) is 0 Å².